The zero-order chi connectivity index (χ0) is 12.4. The average Bonchev–Trinajstić information content (AvgIpc) is 2.85. The van der Waals surface area contributed by atoms with Crippen LogP contribution in [0.2, 0.25) is 0 Å². The number of thiazole rings is 1. The van der Waals surface area contributed by atoms with Crippen molar-refractivity contribution in [1.29, 1.82) is 0 Å². The molecule has 1 saturated carbocycles. The molecular formula is C14H24N2S. The maximum absolute atomic E-state index is 4.52. The number of nitrogens with one attached hydrogen (secondary N) is 1. The number of aromatic nitrogens is 1. The molecule has 0 spiro atoms. The van der Waals surface area contributed by atoms with Gasteiger partial charge in [0.15, 0.2) is 0 Å². The Hall–Kier alpha value is -0.410. The Balaban J connectivity index is 1.93. The Bertz CT molecular complexity index is 372. The number of nitrogens with zero attached hydrogens (tertiary/aromatic N) is 1. The largest absolute Gasteiger partial charge is 0.307 e. The summed E-state index contributed by atoms with van der Waals surface area (Å²) in [5, 5.41) is 4.97. The summed E-state index contributed by atoms with van der Waals surface area (Å²) >= 11 is 1.84. The molecule has 2 nitrogen and oxygen atoms in total. The molecule has 0 bridgehead atoms. The minimum Gasteiger partial charge on any atom is -0.307 e. The Kier molecular flexibility index (Phi) is 4.21. The highest BCUT2D eigenvalue weighted by molar-refractivity contribution is 7.11. The third kappa shape index (κ3) is 3.08. The van der Waals surface area contributed by atoms with E-state index in [0.717, 1.165) is 12.0 Å². The fraction of sp³-hybridized carbons (Fsp3) is 0.786. The normalized spacial score (nSPS) is 26.4. The fourth-order valence-corrected chi connectivity index (χ4v) is 3.91. The van der Waals surface area contributed by atoms with Gasteiger partial charge in [0.05, 0.1) is 10.7 Å². The van der Waals surface area contributed by atoms with Crippen LogP contribution in [0.1, 0.15) is 61.2 Å². The Morgan fingerprint density at radius 1 is 1.41 bits per heavy atom. The lowest BCUT2D eigenvalue weighted by Crippen LogP contribution is -2.29. The highest BCUT2D eigenvalue weighted by Gasteiger charge is 2.25. The maximum Gasteiger partial charge on any atom is 0.0900 e. The van der Waals surface area contributed by atoms with E-state index in [0.29, 0.717) is 6.04 Å². The van der Waals surface area contributed by atoms with E-state index < -0.39 is 0 Å². The van der Waals surface area contributed by atoms with Crippen LogP contribution in [0.25, 0.3) is 0 Å². The molecule has 1 aliphatic carbocycles. The predicted molar refractivity (Wildman–Crippen MR) is 74.6 cm³/mol. The van der Waals surface area contributed by atoms with Gasteiger partial charge < -0.3 is 5.32 Å². The first-order chi connectivity index (χ1) is 8.10. The van der Waals surface area contributed by atoms with E-state index in [2.05, 4.69) is 38.0 Å². The second kappa shape index (κ2) is 5.49. The van der Waals surface area contributed by atoms with E-state index in [1.165, 1.54) is 41.3 Å². The van der Waals surface area contributed by atoms with E-state index in [-0.39, 0.29) is 0 Å². The first-order valence-corrected chi connectivity index (χ1v) is 7.61. The molecule has 0 amide bonds. The molecule has 1 aromatic rings. The smallest absolute Gasteiger partial charge is 0.0900 e. The lowest BCUT2D eigenvalue weighted by Gasteiger charge is -2.19. The van der Waals surface area contributed by atoms with Gasteiger partial charge in [-0.15, -0.1) is 11.3 Å². The first kappa shape index (κ1) is 13.0. The monoisotopic (exact) mass is 252 g/mol. The molecule has 1 aromatic heterocycles. The summed E-state index contributed by atoms with van der Waals surface area (Å²) in [6.45, 7) is 8.81. The van der Waals surface area contributed by atoms with Crippen molar-refractivity contribution in [2.24, 2.45) is 5.92 Å². The van der Waals surface area contributed by atoms with E-state index in [4.69, 9.17) is 0 Å². The van der Waals surface area contributed by atoms with Crippen LogP contribution in [0.4, 0.5) is 0 Å². The van der Waals surface area contributed by atoms with Gasteiger partial charge in [0.2, 0.25) is 0 Å². The third-order valence-corrected chi connectivity index (χ3v) is 5.19. The molecule has 3 unspecified atom stereocenters. The van der Waals surface area contributed by atoms with Crippen LogP contribution < -0.4 is 5.32 Å². The second-order valence-corrected chi connectivity index (χ2v) is 6.59. The Morgan fingerprint density at radius 2 is 2.18 bits per heavy atom. The molecule has 0 radical (unpaired) electrons. The van der Waals surface area contributed by atoms with E-state index in [1.54, 1.807) is 0 Å². The molecule has 0 aliphatic heterocycles. The van der Waals surface area contributed by atoms with Crippen molar-refractivity contribution in [2.75, 3.05) is 0 Å². The lowest BCUT2D eigenvalue weighted by atomic mass is 10.1. The molecule has 3 atom stereocenters. The first-order valence-electron chi connectivity index (χ1n) is 6.80. The van der Waals surface area contributed by atoms with Crippen LogP contribution in [0.3, 0.4) is 0 Å². The number of aryl methyl sites for hydroxylation is 2. The minimum atomic E-state index is 0.460. The van der Waals surface area contributed by atoms with Crippen LogP contribution >= 0.6 is 11.3 Å². The number of hydrogen-bond donors (Lipinski definition) is 1. The van der Waals surface area contributed by atoms with Gasteiger partial charge in [-0.2, -0.15) is 0 Å². The molecular weight excluding hydrogens is 228 g/mol. The molecule has 1 heterocycles. The summed E-state index contributed by atoms with van der Waals surface area (Å²) in [5.41, 5.74) is 1.21. The summed E-state index contributed by atoms with van der Waals surface area (Å²) < 4.78 is 0. The topological polar surface area (TPSA) is 24.9 Å². The van der Waals surface area contributed by atoms with Gasteiger partial charge in [-0.1, -0.05) is 13.3 Å². The Labute approximate surface area is 109 Å². The summed E-state index contributed by atoms with van der Waals surface area (Å²) in [7, 11) is 0. The molecule has 3 heteroatoms. The van der Waals surface area contributed by atoms with Gasteiger partial charge in [0.1, 0.15) is 0 Å². The highest BCUT2D eigenvalue weighted by Crippen LogP contribution is 2.31. The molecule has 96 valence electrons. The standard InChI is InChI=1S/C14H24N2S/c1-5-12-6-7-13(8-12)16-10(3)14-9(2)15-11(4)17-14/h10,12-13,16H,5-8H2,1-4H3. The second-order valence-electron chi connectivity index (χ2n) is 5.36. The average molecular weight is 252 g/mol. The fourth-order valence-electron chi connectivity index (χ4n) is 2.98. The van der Waals surface area contributed by atoms with Crippen molar-refractivity contribution < 1.29 is 0 Å². The van der Waals surface area contributed by atoms with E-state index >= 15 is 0 Å². The highest BCUT2D eigenvalue weighted by atomic mass is 32.1. The molecule has 0 saturated heterocycles. The van der Waals surface area contributed by atoms with Gasteiger partial charge in [0.25, 0.3) is 0 Å². The number of rotatable bonds is 4. The summed E-state index contributed by atoms with van der Waals surface area (Å²) in [4.78, 5) is 5.94. The summed E-state index contributed by atoms with van der Waals surface area (Å²) in [6, 6.07) is 1.18. The van der Waals surface area contributed by atoms with Crippen molar-refractivity contribution in [3.8, 4) is 0 Å². The maximum atomic E-state index is 4.52. The predicted octanol–water partition coefficient (Wildman–Crippen LogP) is 3.99. The third-order valence-electron chi connectivity index (χ3n) is 3.94. The van der Waals surface area contributed by atoms with Gasteiger partial charge in [-0.3, -0.25) is 0 Å². The zero-order valence-electron chi connectivity index (χ0n) is 11.4. The zero-order valence-corrected chi connectivity index (χ0v) is 12.2. The molecule has 0 aromatic carbocycles. The van der Waals surface area contributed by atoms with Crippen LogP contribution in [0, 0.1) is 19.8 Å². The van der Waals surface area contributed by atoms with Crippen LogP contribution in [0.15, 0.2) is 0 Å². The molecule has 2 rings (SSSR count). The van der Waals surface area contributed by atoms with Gasteiger partial charge in [0, 0.05) is 17.0 Å². The lowest BCUT2D eigenvalue weighted by molar-refractivity contribution is 0.439. The number of hydrogen-bond acceptors (Lipinski definition) is 3. The SMILES string of the molecule is CCC1CCC(NC(C)c2sc(C)nc2C)C1. The molecule has 1 fully saturated rings. The minimum absolute atomic E-state index is 0.460. The van der Waals surface area contributed by atoms with Crippen molar-refractivity contribution in [2.45, 2.75) is 65.5 Å². The van der Waals surface area contributed by atoms with E-state index in [1.807, 2.05) is 11.3 Å². The molecule has 1 N–H and O–H groups in total. The van der Waals surface area contributed by atoms with Crippen LogP contribution in [-0.4, -0.2) is 11.0 Å². The van der Waals surface area contributed by atoms with Crippen LogP contribution in [0.5, 0.6) is 0 Å². The molecule has 1 aliphatic rings. The summed E-state index contributed by atoms with van der Waals surface area (Å²) in [6.07, 6.45) is 5.45. The van der Waals surface area contributed by atoms with E-state index in [9.17, 15) is 0 Å². The van der Waals surface area contributed by atoms with Crippen LogP contribution in [-0.2, 0) is 0 Å². The van der Waals surface area contributed by atoms with Crippen molar-refractivity contribution >= 4 is 11.3 Å². The molecule has 17 heavy (non-hydrogen) atoms. The van der Waals surface area contributed by atoms with Gasteiger partial charge >= 0.3 is 0 Å². The summed E-state index contributed by atoms with van der Waals surface area (Å²) in [5.74, 6) is 0.948. The quantitative estimate of drug-likeness (QED) is 0.876. The van der Waals surface area contributed by atoms with Gasteiger partial charge in [-0.25, -0.2) is 4.98 Å². The van der Waals surface area contributed by atoms with Crippen molar-refractivity contribution in [1.82, 2.24) is 10.3 Å². The van der Waals surface area contributed by atoms with Crippen molar-refractivity contribution in [3.63, 3.8) is 0 Å². The van der Waals surface area contributed by atoms with Gasteiger partial charge in [-0.05, 0) is 46.0 Å². The Morgan fingerprint density at radius 3 is 2.71 bits per heavy atom. The van der Waals surface area contributed by atoms with Crippen molar-refractivity contribution in [3.05, 3.63) is 15.6 Å².